The van der Waals surface area contributed by atoms with Crippen molar-refractivity contribution in [3.63, 3.8) is 0 Å². The minimum atomic E-state index is -0.831. The molecule has 1 saturated carbocycles. The first-order valence-electron chi connectivity index (χ1n) is 7.46. The van der Waals surface area contributed by atoms with Crippen LogP contribution in [0.2, 0.25) is 0 Å². The molecule has 2 bridgehead atoms. The van der Waals surface area contributed by atoms with Crippen LogP contribution in [0.5, 0.6) is 0 Å². The Morgan fingerprint density at radius 2 is 1.95 bits per heavy atom. The monoisotopic (exact) mass is 278 g/mol. The maximum Gasteiger partial charge on any atom is 0.307 e. The molecule has 1 heterocycles. The number of carboxylic acids is 1. The van der Waals surface area contributed by atoms with Crippen LogP contribution in [-0.2, 0) is 9.59 Å². The molecule has 110 valence electrons. The highest BCUT2D eigenvalue weighted by Crippen LogP contribution is 2.48. The van der Waals surface area contributed by atoms with Gasteiger partial charge >= 0.3 is 5.97 Å². The van der Waals surface area contributed by atoms with Gasteiger partial charge in [-0.05, 0) is 44.7 Å². The van der Waals surface area contributed by atoms with Crippen LogP contribution < -0.4 is 5.32 Å². The number of likely N-dealkylation sites (N-methyl/N-ethyl adjacent to an activating group) is 1. The summed E-state index contributed by atoms with van der Waals surface area (Å²) in [7, 11) is 2.05. The average molecular weight is 278 g/mol. The molecule has 2 N–H and O–H groups in total. The van der Waals surface area contributed by atoms with Gasteiger partial charge in [0.25, 0.3) is 0 Å². The topological polar surface area (TPSA) is 69.6 Å². The van der Waals surface area contributed by atoms with E-state index >= 15 is 0 Å². The molecule has 0 aromatic rings. The molecule has 0 aromatic carbocycles. The maximum atomic E-state index is 12.5. The Hall–Kier alpha value is -1.36. The third kappa shape index (κ3) is 2.35. The van der Waals surface area contributed by atoms with E-state index in [-0.39, 0.29) is 29.7 Å². The van der Waals surface area contributed by atoms with Crippen LogP contribution in [0.1, 0.15) is 19.3 Å². The van der Waals surface area contributed by atoms with Gasteiger partial charge in [0.05, 0.1) is 11.8 Å². The number of carboxylic acid groups (broad SMARTS) is 1. The quantitative estimate of drug-likeness (QED) is 0.746. The number of rotatable bonds is 3. The van der Waals surface area contributed by atoms with Crippen LogP contribution in [0.4, 0.5) is 0 Å². The summed E-state index contributed by atoms with van der Waals surface area (Å²) in [6, 6.07) is 0.166. The zero-order chi connectivity index (χ0) is 14.3. The van der Waals surface area contributed by atoms with E-state index in [0.717, 1.165) is 32.4 Å². The summed E-state index contributed by atoms with van der Waals surface area (Å²) in [4.78, 5) is 26.1. The molecule has 5 heteroatoms. The van der Waals surface area contributed by atoms with Crippen LogP contribution in [-0.4, -0.2) is 48.1 Å². The number of carbonyl (C=O) groups excluding carboxylic acids is 1. The number of hydrogen-bond acceptors (Lipinski definition) is 3. The van der Waals surface area contributed by atoms with Crippen LogP contribution in [0.15, 0.2) is 12.2 Å². The van der Waals surface area contributed by atoms with Crippen LogP contribution >= 0.6 is 0 Å². The Balaban J connectivity index is 1.67. The molecule has 3 unspecified atom stereocenters. The van der Waals surface area contributed by atoms with Crippen molar-refractivity contribution >= 4 is 11.9 Å². The van der Waals surface area contributed by atoms with E-state index in [4.69, 9.17) is 0 Å². The molecule has 1 saturated heterocycles. The minimum Gasteiger partial charge on any atom is -0.481 e. The predicted molar refractivity (Wildman–Crippen MR) is 74.0 cm³/mol. The Bertz CT molecular complexity index is 448. The molecule has 2 fully saturated rings. The molecular weight excluding hydrogens is 256 g/mol. The van der Waals surface area contributed by atoms with Gasteiger partial charge in [-0.3, -0.25) is 9.59 Å². The molecule has 3 rings (SSSR count). The van der Waals surface area contributed by atoms with E-state index in [1.165, 1.54) is 0 Å². The van der Waals surface area contributed by atoms with Gasteiger partial charge in [-0.2, -0.15) is 0 Å². The van der Waals surface area contributed by atoms with Gasteiger partial charge in [0.1, 0.15) is 0 Å². The highest BCUT2D eigenvalue weighted by Gasteiger charge is 2.51. The number of piperidine rings is 1. The number of carbonyl (C=O) groups is 2. The number of allylic oxidation sites excluding steroid dienone is 2. The number of likely N-dealkylation sites (tertiary alicyclic amines) is 1. The third-order valence-corrected chi connectivity index (χ3v) is 5.02. The molecule has 3 aliphatic rings. The lowest BCUT2D eigenvalue weighted by atomic mass is 9.82. The second-order valence-electron chi connectivity index (χ2n) is 6.45. The third-order valence-electron chi connectivity index (χ3n) is 5.02. The molecule has 0 aromatic heterocycles. The van der Waals surface area contributed by atoms with E-state index in [9.17, 15) is 14.7 Å². The lowest BCUT2D eigenvalue weighted by Gasteiger charge is -2.32. The maximum absolute atomic E-state index is 12.5. The average Bonchev–Trinajstić information content (AvgIpc) is 2.98. The fourth-order valence-corrected chi connectivity index (χ4v) is 4.10. The van der Waals surface area contributed by atoms with E-state index in [1.54, 1.807) is 0 Å². The normalized spacial score (nSPS) is 40.0. The lowest BCUT2D eigenvalue weighted by molar-refractivity contribution is -0.148. The number of aliphatic carboxylic acids is 1. The van der Waals surface area contributed by atoms with Gasteiger partial charge < -0.3 is 15.3 Å². The fourth-order valence-electron chi connectivity index (χ4n) is 4.10. The first kappa shape index (κ1) is 13.6. The minimum absolute atomic E-state index is 0.0438. The predicted octanol–water partition coefficient (Wildman–Crippen LogP) is 0.720. The van der Waals surface area contributed by atoms with Gasteiger partial charge in [-0.15, -0.1) is 0 Å². The molecular formula is C15H22N2O3. The first-order chi connectivity index (χ1) is 9.56. The van der Waals surface area contributed by atoms with Crippen molar-refractivity contribution in [1.82, 2.24) is 10.2 Å². The summed E-state index contributed by atoms with van der Waals surface area (Å²) in [6.45, 7) is 1.93. The van der Waals surface area contributed by atoms with Crippen molar-refractivity contribution in [2.45, 2.75) is 25.3 Å². The van der Waals surface area contributed by atoms with E-state index in [1.807, 2.05) is 12.2 Å². The second kappa shape index (κ2) is 5.20. The number of nitrogens with zero attached hydrogens (tertiary/aromatic N) is 1. The lowest BCUT2D eigenvalue weighted by Crippen LogP contribution is -2.50. The highest BCUT2D eigenvalue weighted by atomic mass is 16.4. The van der Waals surface area contributed by atoms with Crippen molar-refractivity contribution in [1.29, 1.82) is 0 Å². The number of hydrogen-bond donors (Lipinski definition) is 2. The largest absolute Gasteiger partial charge is 0.481 e. The van der Waals surface area contributed by atoms with Crippen molar-refractivity contribution in [3.05, 3.63) is 12.2 Å². The van der Waals surface area contributed by atoms with Gasteiger partial charge in [-0.25, -0.2) is 0 Å². The zero-order valence-corrected chi connectivity index (χ0v) is 11.8. The summed E-state index contributed by atoms with van der Waals surface area (Å²) in [6.07, 6.45) is 6.90. The van der Waals surface area contributed by atoms with Crippen molar-refractivity contribution in [2.24, 2.45) is 23.7 Å². The molecule has 0 spiro atoms. The summed E-state index contributed by atoms with van der Waals surface area (Å²) in [5, 5.41) is 12.5. The van der Waals surface area contributed by atoms with Crippen LogP contribution in [0.3, 0.4) is 0 Å². The number of nitrogens with one attached hydrogen (secondary N) is 1. The van der Waals surface area contributed by atoms with Crippen LogP contribution in [0, 0.1) is 23.7 Å². The molecule has 1 aliphatic heterocycles. The molecule has 5 atom stereocenters. The number of fused-ring (bicyclic) bond motifs is 2. The van der Waals surface area contributed by atoms with Gasteiger partial charge in [0, 0.05) is 12.6 Å². The molecule has 5 nitrogen and oxygen atoms in total. The molecule has 20 heavy (non-hydrogen) atoms. The van der Waals surface area contributed by atoms with Gasteiger partial charge in [-0.1, -0.05) is 12.2 Å². The Kier molecular flexibility index (Phi) is 3.54. The van der Waals surface area contributed by atoms with Gasteiger partial charge in [0.15, 0.2) is 0 Å². The Morgan fingerprint density at radius 1 is 1.25 bits per heavy atom. The molecule has 0 radical (unpaired) electrons. The van der Waals surface area contributed by atoms with E-state index in [2.05, 4.69) is 17.3 Å². The summed E-state index contributed by atoms with van der Waals surface area (Å²) >= 11 is 0. The van der Waals surface area contributed by atoms with E-state index in [0.29, 0.717) is 0 Å². The number of amides is 1. The summed E-state index contributed by atoms with van der Waals surface area (Å²) < 4.78 is 0. The molecule has 1 amide bonds. The van der Waals surface area contributed by atoms with Crippen LogP contribution in [0.25, 0.3) is 0 Å². The second-order valence-corrected chi connectivity index (χ2v) is 6.45. The summed E-state index contributed by atoms with van der Waals surface area (Å²) in [5.41, 5.74) is 0. The highest BCUT2D eigenvalue weighted by molar-refractivity contribution is 5.87. The molecule has 2 aliphatic carbocycles. The van der Waals surface area contributed by atoms with Crippen molar-refractivity contribution in [3.8, 4) is 0 Å². The van der Waals surface area contributed by atoms with Gasteiger partial charge in [0.2, 0.25) is 5.91 Å². The first-order valence-corrected chi connectivity index (χ1v) is 7.46. The standard InChI is InChI=1S/C15H22N2O3/c1-17-6-2-3-11(8-17)16-14(18)12-9-4-5-10(7-9)13(12)15(19)20/h4-5,9-13H,2-3,6-8H2,1H3,(H,16,18)(H,19,20)/t9?,10?,11?,12-,13+/m0/s1. The Labute approximate surface area is 119 Å². The Morgan fingerprint density at radius 3 is 2.60 bits per heavy atom. The zero-order valence-electron chi connectivity index (χ0n) is 11.8. The fraction of sp³-hybridized carbons (Fsp3) is 0.733. The van der Waals surface area contributed by atoms with Crippen molar-refractivity contribution in [2.75, 3.05) is 20.1 Å². The summed E-state index contributed by atoms with van der Waals surface area (Å²) in [5.74, 6) is -1.65. The SMILES string of the molecule is CN1CCCC(NC(=O)[C@H]2C3C=CC(C3)[C@H]2C(=O)O)C1. The smallest absolute Gasteiger partial charge is 0.307 e. The van der Waals surface area contributed by atoms with E-state index < -0.39 is 11.9 Å². The van der Waals surface area contributed by atoms with Crippen molar-refractivity contribution < 1.29 is 14.7 Å².